The number of amides is 2. The van der Waals surface area contributed by atoms with Crippen LogP contribution in [0.3, 0.4) is 0 Å². The number of halogens is 1. The Morgan fingerprint density at radius 2 is 2.05 bits per heavy atom. The van der Waals surface area contributed by atoms with Gasteiger partial charge in [-0.3, -0.25) is 9.59 Å². The van der Waals surface area contributed by atoms with E-state index in [2.05, 4.69) is 21.2 Å². The SMILES string of the molecule is NC(=O)c1oc2ccccc2c1NC(=O)CCCBr. The summed E-state index contributed by atoms with van der Waals surface area (Å²) in [5.74, 6) is -0.895. The number of nitrogens with one attached hydrogen (secondary N) is 1. The first-order chi connectivity index (χ1) is 9.13. The number of para-hydroxylation sites is 1. The summed E-state index contributed by atoms with van der Waals surface area (Å²) in [6.07, 6.45) is 1.08. The van der Waals surface area contributed by atoms with Gasteiger partial charge in [0.1, 0.15) is 11.3 Å². The fourth-order valence-corrected chi connectivity index (χ4v) is 2.05. The van der Waals surface area contributed by atoms with Gasteiger partial charge in [0.15, 0.2) is 0 Å². The van der Waals surface area contributed by atoms with Gasteiger partial charge in [-0.1, -0.05) is 28.1 Å². The van der Waals surface area contributed by atoms with E-state index in [4.69, 9.17) is 10.2 Å². The molecule has 0 aliphatic carbocycles. The second kappa shape index (κ2) is 5.88. The normalized spacial score (nSPS) is 10.6. The summed E-state index contributed by atoms with van der Waals surface area (Å²) in [5.41, 5.74) is 6.13. The van der Waals surface area contributed by atoms with Crippen molar-refractivity contribution in [2.45, 2.75) is 12.8 Å². The highest BCUT2D eigenvalue weighted by atomic mass is 79.9. The second-order valence-corrected chi connectivity index (χ2v) is 4.80. The van der Waals surface area contributed by atoms with E-state index in [0.29, 0.717) is 29.5 Å². The van der Waals surface area contributed by atoms with E-state index in [0.717, 1.165) is 5.33 Å². The summed E-state index contributed by atoms with van der Waals surface area (Å²) < 4.78 is 5.37. The zero-order valence-corrected chi connectivity index (χ0v) is 11.7. The molecule has 1 aromatic carbocycles. The average molecular weight is 325 g/mol. The summed E-state index contributed by atoms with van der Waals surface area (Å²) in [6.45, 7) is 0. The number of benzene rings is 1. The molecular formula is C13H13BrN2O3. The first kappa shape index (κ1) is 13.6. The second-order valence-electron chi connectivity index (χ2n) is 4.01. The van der Waals surface area contributed by atoms with E-state index in [1.807, 2.05) is 0 Å². The van der Waals surface area contributed by atoms with E-state index in [1.54, 1.807) is 24.3 Å². The van der Waals surface area contributed by atoms with Crippen molar-refractivity contribution in [2.24, 2.45) is 5.73 Å². The molecule has 0 aliphatic heterocycles. The molecule has 5 nitrogen and oxygen atoms in total. The molecule has 0 spiro atoms. The lowest BCUT2D eigenvalue weighted by atomic mass is 10.2. The fraction of sp³-hybridized carbons (Fsp3) is 0.231. The smallest absolute Gasteiger partial charge is 0.286 e. The van der Waals surface area contributed by atoms with Crippen LogP contribution < -0.4 is 11.1 Å². The van der Waals surface area contributed by atoms with Gasteiger partial charge in [-0.25, -0.2) is 0 Å². The van der Waals surface area contributed by atoms with Crippen molar-refractivity contribution in [3.05, 3.63) is 30.0 Å². The molecule has 2 aromatic rings. The third kappa shape index (κ3) is 2.96. The Kier molecular flexibility index (Phi) is 4.21. The summed E-state index contributed by atoms with van der Waals surface area (Å²) in [7, 11) is 0. The molecule has 0 saturated heterocycles. The van der Waals surface area contributed by atoms with Crippen molar-refractivity contribution in [2.75, 3.05) is 10.6 Å². The number of furan rings is 1. The van der Waals surface area contributed by atoms with Crippen molar-refractivity contribution < 1.29 is 14.0 Å². The highest BCUT2D eigenvalue weighted by Gasteiger charge is 2.19. The molecule has 0 atom stereocenters. The highest BCUT2D eigenvalue weighted by molar-refractivity contribution is 9.09. The molecule has 0 bridgehead atoms. The van der Waals surface area contributed by atoms with Gasteiger partial charge in [0, 0.05) is 17.1 Å². The number of hydrogen-bond donors (Lipinski definition) is 2. The molecule has 0 aliphatic rings. The van der Waals surface area contributed by atoms with Gasteiger partial charge in [0.2, 0.25) is 11.7 Å². The predicted molar refractivity (Wildman–Crippen MR) is 76.4 cm³/mol. The standard InChI is InChI=1S/C13H13BrN2O3/c14-7-3-6-10(17)16-11-8-4-1-2-5-9(8)19-12(11)13(15)18/h1-2,4-5H,3,6-7H2,(H2,15,18)(H,16,17). The van der Waals surface area contributed by atoms with Crippen molar-refractivity contribution >= 4 is 44.4 Å². The van der Waals surface area contributed by atoms with Crippen LogP contribution in [0.5, 0.6) is 0 Å². The van der Waals surface area contributed by atoms with Crippen LogP contribution in [0, 0.1) is 0 Å². The van der Waals surface area contributed by atoms with Gasteiger partial charge >= 0.3 is 0 Å². The molecule has 0 radical (unpaired) electrons. The highest BCUT2D eigenvalue weighted by Crippen LogP contribution is 2.30. The number of hydrogen-bond acceptors (Lipinski definition) is 3. The number of carbonyl (C=O) groups is 2. The van der Waals surface area contributed by atoms with E-state index in [9.17, 15) is 9.59 Å². The zero-order valence-electron chi connectivity index (χ0n) is 10.1. The van der Waals surface area contributed by atoms with Gasteiger partial charge < -0.3 is 15.5 Å². The third-order valence-corrected chi connectivity index (χ3v) is 3.18. The average Bonchev–Trinajstić information content (AvgIpc) is 2.76. The van der Waals surface area contributed by atoms with Crippen molar-refractivity contribution in [1.29, 1.82) is 0 Å². The Morgan fingerprint density at radius 3 is 2.74 bits per heavy atom. The first-order valence-corrected chi connectivity index (χ1v) is 6.92. The largest absolute Gasteiger partial charge is 0.449 e. The van der Waals surface area contributed by atoms with Gasteiger partial charge in [0.25, 0.3) is 5.91 Å². The number of anilines is 1. The number of alkyl halides is 1. The van der Waals surface area contributed by atoms with Gasteiger partial charge in [-0.2, -0.15) is 0 Å². The molecule has 1 aromatic heterocycles. The van der Waals surface area contributed by atoms with E-state index in [-0.39, 0.29) is 11.7 Å². The molecule has 1 heterocycles. The first-order valence-electron chi connectivity index (χ1n) is 5.80. The molecule has 0 unspecified atom stereocenters. The summed E-state index contributed by atoms with van der Waals surface area (Å²) in [4.78, 5) is 23.1. The maximum Gasteiger partial charge on any atom is 0.286 e. The lowest BCUT2D eigenvalue weighted by Gasteiger charge is -2.03. The summed E-state index contributed by atoms with van der Waals surface area (Å²) in [5, 5.41) is 4.11. The van der Waals surface area contributed by atoms with Crippen LogP contribution in [0.2, 0.25) is 0 Å². The fourth-order valence-electron chi connectivity index (χ4n) is 1.77. The lowest BCUT2D eigenvalue weighted by Crippen LogP contribution is -2.16. The van der Waals surface area contributed by atoms with E-state index >= 15 is 0 Å². The lowest BCUT2D eigenvalue weighted by molar-refractivity contribution is -0.116. The monoisotopic (exact) mass is 324 g/mol. The maximum absolute atomic E-state index is 11.8. The molecule has 2 amide bonds. The molecule has 2 rings (SSSR count). The molecule has 0 saturated carbocycles. The van der Waals surface area contributed by atoms with Gasteiger partial charge in [0.05, 0.1) is 0 Å². The Morgan fingerprint density at radius 1 is 1.32 bits per heavy atom. The topological polar surface area (TPSA) is 85.3 Å². The minimum absolute atomic E-state index is 0.0200. The maximum atomic E-state index is 11.8. The van der Waals surface area contributed by atoms with Crippen LogP contribution in [0.1, 0.15) is 23.4 Å². The summed E-state index contributed by atoms with van der Waals surface area (Å²) >= 11 is 3.26. The minimum Gasteiger partial charge on any atom is -0.449 e. The van der Waals surface area contributed by atoms with Crippen molar-refractivity contribution in [3.63, 3.8) is 0 Å². The Bertz CT molecular complexity index is 621. The van der Waals surface area contributed by atoms with Crippen LogP contribution in [0.25, 0.3) is 11.0 Å². The summed E-state index contributed by atoms with van der Waals surface area (Å²) in [6, 6.07) is 7.07. The van der Waals surface area contributed by atoms with Crippen LogP contribution in [-0.4, -0.2) is 17.1 Å². The minimum atomic E-state index is -0.702. The number of rotatable bonds is 5. The number of carbonyl (C=O) groups excluding carboxylic acids is 2. The van der Waals surface area contributed by atoms with Crippen LogP contribution in [-0.2, 0) is 4.79 Å². The molecule has 6 heteroatoms. The van der Waals surface area contributed by atoms with Crippen LogP contribution in [0.15, 0.2) is 28.7 Å². The zero-order chi connectivity index (χ0) is 13.8. The Hall–Kier alpha value is -1.82. The molecular weight excluding hydrogens is 312 g/mol. The predicted octanol–water partition coefficient (Wildman–Crippen LogP) is 2.65. The van der Waals surface area contributed by atoms with Gasteiger partial charge in [-0.15, -0.1) is 0 Å². The van der Waals surface area contributed by atoms with E-state index in [1.165, 1.54) is 0 Å². The molecule has 100 valence electrons. The molecule has 0 fully saturated rings. The number of primary amides is 1. The van der Waals surface area contributed by atoms with Crippen LogP contribution >= 0.6 is 15.9 Å². The van der Waals surface area contributed by atoms with Crippen LogP contribution in [0.4, 0.5) is 5.69 Å². The van der Waals surface area contributed by atoms with Gasteiger partial charge in [-0.05, 0) is 18.6 Å². The Labute approximate surface area is 118 Å². The number of nitrogens with two attached hydrogens (primary N) is 1. The Balaban J connectivity index is 2.36. The number of fused-ring (bicyclic) bond motifs is 1. The quantitative estimate of drug-likeness (QED) is 0.829. The molecule has 3 N–H and O–H groups in total. The molecule has 19 heavy (non-hydrogen) atoms. The van der Waals surface area contributed by atoms with Crippen molar-refractivity contribution in [3.8, 4) is 0 Å². The third-order valence-electron chi connectivity index (χ3n) is 2.62. The van der Waals surface area contributed by atoms with Crippen molar-refractivity contribution in [1.82, 2.24) is 0 Å². The van der Waals surface area contributed by atoms with E-state index < -0.39 is 5.91 Å².